The number of benzene rings is 1. The van der Waals surface area contributed by atoms with Crippen LogP contribution in [0.5, 0.6) is 0 Å². The van der Waals surface area contributed by atoms with Crippen LogP contribution in [0.2, 0.25) is 0 Å². The standard InChI is InChI=1S/C15H19BrN2S/c1-3-13(11-6-5-7-12(16)10-11)18-14(4-2)15-17-8-9-19-15/h5-10,13-14,18H,3-4H2,1-2H3. The minimum absolute atomic E-state index is 0.337. The molecule has 0 saturated heterocycles. The fourth-order valence-corrected chi connectivity index (χ4v) is 3.39. The highest BCUT2D eigenvalue weighted by atomic mass is 79.9. The lowest BCUT2D eigenvalue weighted by molar-refractivity contribution is 0.425. The summed E-state index contributed by atoms with van der Waals surface area (Å²) in [5.74, 6) is 0. The van der Waals surface area contributed by atoms with Crippen molar-refractivity contribution in [3.8, 4) is 0 Å². The molecule has 0 spiro atoms. The lowest BCUT2D eigenvalue weighted by Gasteiger charge is -2.23. The Morgan fingerprint density at radius 3 is 2.63 bits per heavy atom. The maximum atomic E-state index is 4.43. The molecule has 0 fully saturated rings. The largest absolute Gasteiger partial charge is 0.301 e. The third-order valence-electron chi connectivity index (χ3n) is 3.22. The van der Waals surface area contributed by atoms with Crippen LogP contribution in [0.1, 0.15) is 49.3 Å². The highest BCUT2D eigenvalue weighted by Gasteiger charge is 2.17. The average Bonchev–Trinajstić information content (AvgIpc) is 2.94. The van der Waals surface area contributed by atoms with Crippen LogP contribution in [0.15, 0.2) is 40.3 Å². The second-order valence-electron chi connectivity index (χ2n) is 4.51. The molecule has 1 aromatic heterocycles. The molecule has 0 radical (unpaired) electrons. The number of aromatic nitrogens is 1. The lowest BCUT2D eigenvalue weighted by atomic mass is 10.0. The van der Waals surface area contributed by atoms with E-state index in [4.69, 9.17) is 0 Å². The van der Waals surface area contributed by atoms with Gasteiger partial charge in [0.25, 0.3) is 0 Å². The van der Waals surface area contributed by atoms with Gasteiger partial charge in [0.15, 0.2) is 0 Å². The van der Waals surface area contributed by atoms with Gasteiger partial charge in [-0.2, -0.15) is 0 Å². The highest BCUT2D eigenvalue weighted by Crippen LogP contribution is 2.26. The van der Waals surface area contributed by atoms with Crippen LogP contribution in [-0.4, -0.2) is 4.98 Å². The Kier molecular flexibility index (Phi) is 5.55. The Balaban J connectivity index is 2.14. The van der Waals surface area contributed by atoms with Crippen LogP contribution < -0.4 is 5.32 Å². The summed E-state index contributed by atoms with van der Waals surface area (Å²) in [4.78, 5) is 4.43. The summed E-state index contributed by atoms with van der Waals surface area (Å²) in [7, 11) is 0. The lowest BCUT2D eigenvalue weighted by Crippen LogP contribution is -2.25. The first-order valence-corrected chi connectivity index (χ1v) is 8.32. The molecule has 0 aliphatic rings. The van der Waals surface area contributed by atoms with E-state index in [1.165, 1.54) is 10.6 Å². The number of hydrogen-bond acceptors (Lipinski definition) is 3. The van der Waals surface area contributed by atoms with E-state index in [-0.39, 0.29) is 0 Å². The van der Waals surface area contributed by atoms with Gasteiger partial charge < -0.3 is 5.32 Å². The number of thiazole rings is 1. The van der Waals surface area contributed by atoms with E-state index in [1.807, 2.05) is 11.6 Å². The van der Waals surface area contributed by atoms with Gasteiger partial charge in [0.05, 0.1) is 6.04 Å². The summed E-state index contributed by atoms with van der Waals surface area (Å²) < 4.78 is 1.13. The molecule has 0 aliphatic carbocycles. The van der Waals surface area contributed by atoms with Crippen molar-refractivity contribution in [2.45, 2.75) is 38.8 Å². The molecule has 1 aromatic carbocycles. The highest BCUT2D eigenvalue weighted by molar-refractivity contribution is 9.10. The molecule has 2 aromatic rings. The molecule has 2 unspecified atom stereocenters. The molecule has 19 heavy (non-hydrogen) atoms. The average molecular weight is 339 g/mol. The van der Waals surface area contributed by atoms with Crippen LogP contribution >= 0.6 is 27.3 Å². The van der Waals surface area contributed by atoms with Crippen molar-refractivity contribution in [1.29, 1.82) is 0 Å². The number of nitrogens with one attached hydrogen (secondary N) is 1. The summed E-state index contributed by atoms with van der Waals surface area (Å²) >= 11 is 5.27. The van der Waals surface area contributed by atoms with E-state index >= 15 is 0 Å². The SMILES string of the molecule is CCC(NC(CC)c1nccs1)c1cccc(Br)c1. The van der Waals surface area contributed by atoms with Crippen molar-refractivity contribution in [3.63, 3.8) is 0 Å². The Labute approximate surface area is 127 Å². The van der Waals surface area contributed by atoms with Gasteiger partial charge in [-0.25, -0.2) is 4.98 Å². The first-order chi connectivity index (χ1) is 9.24. The maximum absolute atomic E-state index is 4.43. The van der Waals surface area contributed by atoms with Crippen LogP contribution in [-0.2, 0) is 0 Å². The van der Waals surface area contributed by atoms with E-state index in [0.29, 0.717) is 12.1 Å². The van der Waals surface area contributed by atoms with Crippen molar-refractivity contribution in [2.75, 3.05) is 0 Å². The topological polar surface area (TPSA) is 24.9 Å². The van der Waals surface area contributed by atoms with Crippen LogP contribution in [0.3, 0.4) is 0 Å². The molecular formula is C15H19BrN2S. The second-order valence-corrected chi connectivity index (χ2v) is 6.36. The molecule has 2 atom stereocenters. The van der Waals surface area contributed by atoms with E-state index < -0.39 is 0 Å². The summed E-state index contributed by atoms with van der Waals surface area (Å²) in [5.41, 5.74) is 1.33. The van der Waals surface area contributed by atoms with Gasteiger partial charge in [0.1, 0.15) is 5.01 Å². The van der Waals surface area contributed by atoms with Crippen LogP contribution in [0, 0.1) is 0 Å². The zero-order chi connectivity index (χ0) is 13.7. The van der Waals surface area contributed by atoms with Gasteiger partial charge in [-0.15, -0.1) is 11.3 Å². The van der Waals surface area contributed by atoms with Crippen LogP contribution in [0.4, 0.5) is 0 Å². The zero-order valence-electron chi connectivity index (χ0n) is 11.3. The molecule has 0 saturated carbocycles. The summed E-state index contributed by atoms with van der Waals surface area (Å²) in [6, 6.07) is 9.23. The molecule has 1 heterocycles. The molecule has 102 valence electrons. The molecule has 0 amide bonds. The van der Waals surface area contributed by atoms with Gasteiger partial charge in [0.2, 0.25) is 0 Å². The maximum Gasteiger partial charge on any atom is 0.109 e. The van der Waals surface area contributed by atoms with Crippen molar-refractivity contribution in [3.05, 3.63) is 50.9 Å². The van der Waals surface area contributed by atoms with E-state index in [0.717, 1.165) is 17.3 Å². The smallest absolute Gasteiger partial charge is 0.109 e. The molecule has 1 N–H and O–H groups in total. The quantitative estimate of drug-likeness (QED) is 0.792. The Morgan fingerprint density at radius 2 is 2.05 bits per heavy atom. The Morgan fingerprint density at radius 1 is 1.26 bits per heavy atom. The summed E-state index contributed by atoms with van der Waals surface area (Å²) in [5, 5.41) is 6.94. The number of halogens is 1. The third kappa shape index (κ3) is 3.88. The fraction of sp³-hybridized carbons (Fsp3) is 0.400. The number of hydrogen-bond donors (Lipinski definition) is 1. The van der Waals surface area contributed by atoms with Gasteiger partial charge >= 0.3 is 0 Å². The van der Waals surface area contributed by atoms with Crippen molar-refractivity contribution >= 4 is 27.3 Å². The molecule has 4 heteroatoms. The minimum atomic E-state index is 0.337. The van der Waals surface area contributed by atoms with E-state index in [1.54, 1.807) is 11.3 Å². The van der Waals surface area contributed by atoms with E-state index in [2.05, 4.69) is 64.3 Å². The van der Waals surface area contributed by atoms with Crippen LogP contribution in [0.25, 0.3) is 0 Å². The second kappa shape index (κ2) is 7.17. The van der Waals surface area contributed by atoms with Crippen molar-refractivity contribution in [2.24, 2.45) is 0 Å². The normalized spacial score (nSPS) is 14.3. The Hall–Kier alpha value is -0.710. The molecule has 2 rings (SSSR count). The Bertz CT molecular complexity index is 499. The molecule has 0 aliphatic heterocycles. The van der Waals surface area contributed by atoms with Gasteiger partial charge in [-0.05, 0) is 30.5 Å². The zero-order valence-corrected chi connectivity index (χ0v) is 13.7. The summed E-state index contributed by atoms with van der Waals surface area (Å²) in [6.07, 6.45) is 4.00. The fourth-order valence-electron chi connectivity index (χ4n) is 2.19. The van der Waals surface area contributed by atoms with Gasteiger partial charge in [-0.1, -0.05) is 41.9 Å². The first-order valence-electron chi connectivity index (χ1n) is 6.65. The van der Waals surface area contributed by atoms with Gasteiger partial charge in [0, 0.05) is 22.1 Å². The van der Waals surface area contributed by atoms with E-state index in [9.17, 15) is 0 Å². The number of rotatable bonds is 6. The van der Waals surface area contributed by atoms with Crippen molar-refractivity contribution in [1.82, 2.24) is 10.3 Å². The summed E-state index contributed by atoms with van der Waals surface area (Å²) in [6.45, 7) is 4.42. The minimum Gasteiger partial charge on any atom is -0.301 e. The molecule has 2 nitrogen and oxygen atoms in total. The first kappa shape index (κ1) is 14.7. The number of nitrogens with zero attached hydrogens (tertiary/aromatic N) is 1. The van der Waals surface area contributed by atoms with Crippen molar-refractivity contribution < 1.29 is 0 Å². The molecular weight excluding hydrogens is 320 g/mol. The predicted molar refractivity (Wildman–Crippen MR) is 85.5 cm³/mol. The van der Waals surface area contributed by atoms with Gasteiger partial charge in [-0.3, -0.25) is 0 Å². The predicted octanol–water partition coefficient (Wildman–Crippen LogP) is 5.10. The monoisotopic (exact) mass is 338 g/mol. The molecule has 0 bridgehead atoms. The third-order valence-corrected chi connectivity index (χ3v) is 4.60.